The zero-order valence-corrected chi connectivity index (χ0v) is 18.9. The van der Waals surface area contributed by atoms with Crippen molar-refractivity contribution in [3.05, 3.63) is 0 Å². The van der Waals surface area contributed by atoms with Crippen molar-refractivity contribution in [1.29, 1.82) is 0 Å². The molecule has 0 heterocycles. The number of ether oxygens (including phenoxy) is 2. The van der Waals surface area contributed by atoms with Crippen molar-refractivity contribution < 1.29 is 14.6 Å². The minimum Gasteiger partial charge on any atom is -0.388 e. The van der Waals surface area contributed by atoms with Crippen molar-refractivity contribution >= 4 is 29.9 Å². The fourth-order valence-electron chi connectivity index (χ4n) is 2.56. The van der Waals surface area contributed by atoms with E-state index in [2.05, 4.69) is 29.5 Å². The summed E-state index contributed by atoms with van der Waals surface area (Å²) in [7, 11) is 1.68. The Bertz CT molecular complexity index is 312. The van der Waals surface area contributed by atoms with Crippen molar-refractivity contribution in [2.24, 2.45) is 4.99 Å². The van der Waals surface area contributed by atoms with Crippen LogP contribution in [0.2, 0.25) is 0 Å². The Morgan fingerprint density at radius 1 is 1.00 bits per heavy atom. The van der Waals surface area contributed by atoms with E-state index in [0.717, 1.165) is 64.2 Å². The van der Waals surface area contributed by atoms with Gasteiger partial charge in [-0.3, -0.25) is 4.99 Å². The molecule has 0 bridgehead atoms. The van der Waals surface area contributed by atoms with Crippen LogP contribution >= 0.6 is 24.0 Å². The van der Waals surface area contributed by atoms with E-state index in [1.54, 1.807) is 7.11 Å². The monoisotopic (exact) mass is 473 g/mol. The third kappa shape index (κ3) is 15.8. The van der Waals surface area contributed by atoms with Gasteiger partial charge in [0.05, 0.1) is 25.4 Å². The topological polar surface area (TPSA) is 75.1 Å². The molecule has 0 aliphatic rings. The molecule has 0 aliphatic carbocycles. The van der Waals surface area contributed by atoms with Crippen molar-refractivity contribution in [1.82, 2.24) is 10.6 Å². The minimum absolute atomic E-state index is 0. The Morgan fingerprint density at radius 3 is 2.24 bits per heavy atom. The molecular weight excluding hydrogens is 433 g/mol. The second-order valence-corrected chi connectivity index (χ2v) is 6.16. The average molecular weight is 473 g/mol. The lowest BCUT2D eigenvalue weighted by atomic mass is 9.93. The summed E-state index contributed by atoms with van der Waals surface area (Å²) in [5.74, 6) is 0.781. The highest BCUT2D eigenvalue weighted by Crippen LogP contribution is 2.19. The third-order valence-electron chi connectivity index (χ3n) is 3.75. The predicted octanol–water partition coefficient (Wildman–Crippen LogP) is 2.93. The summed E-state index contributed by atoms with van der Waals surface area (Å²) in [5.41, 5.74) is -0.680. The Kier molecular flexibility index (Phi) is 20.2. The number of nitrogens with zero attached hydrogens (tertiary/aromatic N) is 1. The van der Waals surface area contributed by atoms with Crippen molar-refractivity contribution in [2.45, 2.75) is 64.9 Å². The van der Waals surface area contributed by atoms with E-state index in [9.17, 15) is 5.11 Å². The smallest absolute Gasteiger partial charge is 0.191 e. The number of methoxy groups -OCH3 is 1. The molecule has 0 amide bonds. The van der Waals surface area contributed by atoms with Gasteiger partial charge in [-0.2, -0.15) is 0 Å². The van der Waals surface area contributed by atoms with Gasteiger partial charge in [-0.1, -0.05) is 26.7 Å². The average Bonchev–Trinajstić information content (AvgIpc) is 2.55. The molecule has 152 valence electrons. The molecule has 0 spiro atoms. The van der Waals surface area contributed by atoms with E-state index in [-0.39, 0.29) is 24.0 Å². The first kappa shape index (κ1) is 27.1. The fraction of sp³-hybridized carbons (Fsp3) is 0.944. The molecule has 0 aliphatic heterocycles. The van der Waals surface area contributed by atoms with Crippen LogP contribution in [0.5, 0.6) is 0 Å². The summed E-state index contributed by atoms with van der Waals surface area (Å²) in [6.45, 7) is 10.4. The largest absolute Gasteiger partial charge is 0.388 e. The quantitative estimate of drug-likeness (QED) is 0.148. The molecule has 3 N–H and O–H groups in total. The Hall–Kier alpha value is -0.120. The molecule has 0 atom stereocenters. The lowest BCUT2D eigenvalue weighted by Gasteiger charge is -2.26. The SMILES string of the molecule is CCCC(O)(CCC)CN=C(NCC)NCCCCOCCOC.I. The zero-order valence-electron chi connectivity index (χ0n) is 16.6. The Labute approximate surface area is 171 Å². The van der Waals surface area contributed by atoms with Crippen molar-refractivity contribution in [3.8, 4) is 0 Å². The molecule has 0 aromatic heterocycles. The highest BCUT2D eigenvalue weighted by molar-refractivity contribution is 14.0. The Balaban J connectivity index is 0. The van der Waals surface area contributed by atoms with Gasteiger partial charge in [0.2, 0.25) is 0 Å². The zero-order chi connectivity index (χ0) is 18.1. The van der Waals surface area contributed by atoms with Gasteiger partial charge in [0, 0.05) is 26.8 Å². The number of rotatable bonds is 15. The number of aliphatic imine (C=N–C) groups is 1. The van der Waals surface area contributed by atoms with Crippen LogP contribution in [0, 0.1) is 0 Å². The van der Waals surface area contributed by atoms with E-state index in [1.807, 2.05) is 6.92 Å². The van der Waals surface area contributed by atoms with E-state index < -0.39 is 5.60 Å². The molecule has 0 fully saturated rings. The molecule has 0 aromatic rings. The van der Waals surface area contributed by atoms with Gasteiger partial charge in [-0.15, -0.1) is 24.0 Å². The van der Waals surface area contributed by atoms with Crippen LogP contribution in [0.3, 0.4) is 0 Å². The van der Waals surface area contributed by atoms with Gasteiger partial charge < -0.3 is 25.2 Å². The first-order valence-corrected chi connectivity index (χ1v) is 9.43. The molecule has 0 aromatic carbocycles. The number of halogens is 1. The van der Waals surface area contributed by atoms with Crippen LogP contribution in [-0.4, -0.2) is 63.2 Å². The summed E-state index contributed by atoms with van der Waals surface area (Å²) >= 11 is 0. The van der Waals surface area contributed by atoms with Crippen LogP contribution in [0.25, 0.3) is 0 Å². The van der Waals surface area contributed by atoms with Crippen LogP contribution < -0.4 is 10.6 Å². The maximum absolute atomic E-state index is 10.7. The standard InChI is InChI=1S/C18H39N3O3.HI/c1-5-10-18(22,11-6-2)16-21-17(19-7-3)20-12-8-9-13-24-15-14-23-4;/h22H,5-16H2,1-4H3,(H2,19,20,21);1H. The number of guanidine groups is 1. The number of hydrogen-bond donors (Lipinski definition) is 3. The van der Waals surface area contributed by atoms with Crippen LogP contribution in [0.1, 0.15) is 59.3 Å². The lowest BCUT2D eigenvalue weighted by molar-refractivity contribution is 0.0306. The van der Waals surface area contributed by atoms with Crippen LogP contribution in [-0.2, 0) is 9.47 Å². The number of unbranched alkanes of at least 4 members (excludes halogenated alkanes) is 1. The second kappa shape index (κ2) is 18.7. The van der Waals surface area contributed by atoms with Crippen LogP contribution in [0.4, 0.5) is 0 Å². The number of nitrogens with one attached hydrogen (secondary N) is 2. The Morgan fingerprint density at radius 2 is 1.68 bits per heavy atom. The molecule has 0 saturated carbocycles. The van der Waals surface area contributed by atoms with Gasteiger partial charge in [-0.25, -0.2) is 0 Å². The molecule has 0 unspecified atom stereocenters. The van der Waals surface area contributed by atoms with Crippen molar-refractivity contribution in [3.63, 3.8) is 0 Å². The normalized spacial score (nSPS) is 12.0. The van der Waals surface area contributed by atoms with Crippen molar-refractivity contribution in [2.75, 3.05) is 46.6 Å². The summed E-state index contributed by atoms with van der Waals surface area (Å²) in [5, 5.41) is 17.2. The molecule has 7 heteroatoms. The maximum atomic E-state index is 10.7. The summed E-state index contributed by atoms with van der Waals surface area (Å²) < 4.78 is 10.4. The number of aliphatic hydroxyl groups is 1. The van der Waals surface area contributed by atoms with Gasteiger partial charge in [-0.05, 0) is 32.6 Å². The van der Waals surface area contributed by atoms with Gasteiger partial charge in [0.15, 0.2) is 5.96 Å². The highest BCUT2D eigenvalue weighted by Gasteiger charge is 2.24. The molecule has 25 heavy (non-hydrogen) atoms. The van der Waals surface area contributed by atoms with Gasteiger partial charge in [0.1, 0.15) is 0 Å². The molecule has 0 radical (unpaired) electrons. The molecule has 6 nitrogen and oxygen atoms in total. The van der Waals surface area contributed by atoms with E-state index in [4.69, 9.17) is 9.47 Å². The number of hydrogen-bond acceptors (Lipinski definition) is 4. The summed E-state index contributed by atoms with van der Waals surface area (Å²) in [6.07, 6.45) is 5.56. The van der Waals surface area contributed by atoms with E-state index in [0.29, 0.717) is 19.8 Å². The molecular formula is C18H40IN3O3. The molecule has 0 saturated heterocycles. The predicted molar refractivity (Wildman–Crippen MR) is 116 cm³/mol. The second-order valence-electron chi connectivity index (χ2n) is 6.16. The highest BCUT2D eigenvalue weighted by atomic mass is 127. The minimum atomic E-state index is -0.680. The molecule has 0 rings (SSSR count). The van der Waals surface area contributed by atoms with Crippen LogP contribution in [0.15, 0.2) is 4.99 Å². The van der Waals surface area contributed by atoms with Gasteiger partial charge in [0.25, 0.3) is 0 Å². The summed E-state index contributed by atoms with van der Waals surface area (Å²) in [6, 6.07) is 0. The first-order valence-electron chi connectivity index (χ1n) is 9.43. The first-order chi connectivity index (χ1) is 11.6. The third-order valence-corrected chi connectivity index (χ3v) is 3.75. The lowest BCUT2D eigenvalue weighted by Crippen LogP contribution is -2.40. The van der Waals surface area contributed by atoms with E-state index >= 15 is 0 Å². The summed E-state index contributed by atoms with van der Waals surface area (Å²) in [4.78, 5) is 4.58. The van der Waals surface area contributed by atoms with Gasteiger partial charge >= 0.3 is 0 Å². The van der Waals surface area contributed by atoms with E-state index in [1.165, 1.54) is 0 Å². The maximum Gasteiger partial charge on any atom is 0.191 e. The fourth-order valence-corrected chi connectivity index (χ4v) is 2.56.